The largest absolute Gasteiger partial charge is 0.354 e. The van der Waals surface area contributed by atoms with Crippen LogP contribution in [0.15, 0.2) is 60.8 Å². The highest BCUT2D eigenvalue weighted by Gasteiger charge is 2.34. The van der Waals surface area contributed by atoms with Crippen LogP contribution in [0.2, 0.25) is 5.02 Å². The molecule has 0 atom stereocenters. The van der Waals surface area contributed by atoms with E-state index in [9.17, 15) is 14.0 Å². The van der Waals surface area contributed by atoms with Crippen LogP contribution >= 0.6 is 11.6 Å². The van der Waals surface area contributed by atoms with E-state index in [1.165, 1.54) is 12.1 Å². The van der Waals surface area contributed by atoms with Crippen molar-refractivity contribution >= 4 is 46.3 Å². The molecule has 1 saturated carbocycles. The predicted molar refractivity (Wildman–Crippen MR) is 135 cm³/mol. The molecule has 0 radical (unpaired) electrons. The molecule has 2 amide bonds. The second kappa shape index (κ2) is 9.92. The third-order valence-electron chi connectivity index (χ3n) is 6.20. The number of aromatic nitrogens is 1. The Morgan fingerprint density at radius 3 is 2.31 bits per heavy atom. The average Bonchev–Trinajstić information content (AvgIpc) is 3.73. The van der Waals surface area contributed by atoms with Gasteiger partial charge in [0.1, 0.15) is 11.6 Å². The van der Waals surface area contributed by atoms with Gasteiger partial charge in [-0.3, -0.25) is 9.59 Å². The molecule has 2 aliphatic rings. The minimum atomic E-state index is -0.326. The fourth-order valence-corrected chi connectivity index (χ4v) is 4.21. The van der Waals surface area contributed by atoms with E-state index in [1.807, 2.05) is 11.0 Å². The molecule has 0 bridgehead atoms. The molecule has 3 aromatic rings. The number of hydrogen-bond acceptors (Lipinski definition) is 5. The molecule has 1 aliphatic carbocycles. The molecule has 2 heterocycles. The van der Waals surface area contributed by atoms with Crippen molar-refractivity contribution in [1.29, 1.82) is 0 Å². The highest BCUT2D eigenvalue weighted by molar-refractivity contribution is 6.33. The minimum Gasteiger partial charge on any atom is -0.354 e. The number of amides is 2. The van der Waals surface area contributed by atoms with Crippen molar-refractivity contribution < 1.29 is 14.0 Å². The smallest absolute Gasteiger partial charge is 0.257 e. The number of halogens is 2. The zero-order valence-corrected chi connectivity index (χ0v) is 19.8. The van der Waals surface area contributed by atoms with E-state index in [4.69, 9.17) is 11.6 Å². The van der Waals surface area contributed by atoms with Crippen LogP contribution in [-0.4, -0.2) is 47.9 Å². The molecule has 0 spiro atoms. The monoisotopic (exact) mass is 493 g/mol. The van der Waals surface area contributed by atoms with Gasteiger partial charge in [-0.2, -0.15) is 0 Å². The van der Waals surface area contributed by atoms with E-state index in [-0.39, 0.29) is 23.5 Å². The first-order chi connectivity index (χ1) is 17.0. The number of hydrogen-bond donors (Lipinski definition) is 2. The molecule has 1 saturated heterocycles. The molecule has 1 aliphatic heterocycles. The Balaban J connectivity index is 1.19. The van der Waals surface area contributed by atoms with Crippen LogP contribution in [-0.2, 0) is 4.79 Å². The Morgan fingerprint density at radius 1 is 0.943 bits per heavy atom. The number of carbonyl (C=O) groups excluding carboxylic acids is 2. The van der Waals surface area contributed by atoms with Crippen molar-refractivity contribution in [3.63, 3.8) is 0 Å². The van der Waals surface area contributed by atoms with E-state index >= 15 is 0 Å². The summed E-state index contributed by atoms with van der Waals surface area (Å²) in [6.07, 6.45) is 3.60. The number of carbonyl (C=O) groups is 2. The number of nitrogens with zero attached hydrogens (tertiary/aromatic N) is 3. The first-order valence-corrected chi connectivity index (χ1v) is 12.0. The van der Waals surface area contributed by atoms with Crippen LogP contribution < -0.4 is 15.5 Å². The molecule has 180 valence electrons. The van der Waals surface area contributed by atoms with Gasteiger partial charge < -0.3 is 20.4 Å². The molecule has 5 rings (SSSR count). The zero-order chi connectivity index (χ0) is 24.4. The Bertz CT molecular complexity index is 1220. The quantitative estimate of drug-likeness (QED) is 0.509. The summed E-state index contributed by atoms with van der Waals surface area (Å²) < 4.78 is 13.2. The maximum Gasteiger partial charge on any atom is 0.257 e. The van der Waals surface area contributed by atoms with Crippen LogP contribution in [0.1, 0.15) is 23.2 Å². The first kappa shape index (κ1) is 23.1. The van der Waals surface area contributed by atoms with Crippen molar-refractivity contribution in [1.82, 2.24) is 9.88 Å². The van der Waals surface area contributed by atoms with Gasteiger partial charge >= 0.3 is 0 Å². The number of anilines is 4. The van der Waals surface area contributed by atoms with Crippen molar-refractivity contribution in [3.8, 4) is 0 Å². The lowest BCUT2D eigenvalue weighted by atomic mass is 10.2. The number of pyridine rings is 1. The molecule has 0 unspecified atom stereocenters. The molecular formula is C26H25ClFN5O2. The van der Waals surface area contributed by atoms with Crippen LogP contribution in [0.25, 0.3) is 0 Å². The molecule has 1 aromatic heterocycles. The second-order valence-electron chi connectivity index (χ2n) is 8.77. The summed E-state index contributed by atoms with van der Waals surface area (Å²) in [7, 11) is 0. The van der Waals surface area contributed by atoms with Gasteiger partial charge in [-0.05, 0) is 67.4 Å². The van der Waals surface area contributed by atoms with Gasteiger partial charge in [-0.15, -0.1) is 0 Å². The maximum absolute atomic E-state index is 13.2. The zero-order valence-electron chi connectivity index (χ0n) is 19.0. The third-order valence-corrected chi connectivity index (χ3v) is 6.53. The summed E-state index contributed by atoms with van der Waals surface area (Å²) in [6.45, 7) is 2.85. The van der Waals surface area contributed by atoms with Crippen LogP contribution in [0.4, 0.5) is 27.3 Å². The van der Waals surface area contributed by atoms with Gasteiger partial charge in [-0.25, -0.2) is 9.37 Å². The Kier molecular flexibility index (Phi) is 6.55. The van der Waals surface area contributed by atoms with E-state index < -0.39 is 0 Å². The highest BCUT2D eigenvalue weighted by Crippen LogP contribution is 2.32. The first-order valence-electron chi connectivity index (χ1n) is 11.6. The van der Waals surface area contributed by atoms with Gasteiger partial charge in [0.25, 0.3) is 5.91 Å². The molecule has 9 heteroatoms. The summed E-state index contributed by atoms with van der Waals surface area (Å²) in [5.41, 5.74) is 2.25. The average molecular weight is 494 g/mol. The van der Waals surface area contributed by atoms with Crippen LogP contribution in [0.5, 0.6) is 0 Å². The third kappa shape index (κ3) is 5.54. The number of rotatable bonds is 6. The standard InChI is InChI=1S/C26H25ClFN5O2/c27-22-9-8-21(15-23(22)30-20-6-4-19(28)5-7-20)31-25(34)18-3-10-24(29-16-18)32-11-13-33(14-12-32)26(35)17-1-2-17/h3-10,15-17,30H,1-2,11-14H2,(H,31,34). The topological polar surface area (TPSA) is 77.6 Å². The summed E-state index contributed by atoms with van der Waals surface area (Å²) in [5.74, 6) is 0.695. The molecule has 2 N–H and O–H groups in total. The lowest BCUT2D eigenvalue weighted by Gasteiger charge is -2.35. The highest BCUT2D eigenvalue weighted by atomic mass is 35.5. The SMILES string of the molecule is O=C(Nc1ccc(Cl)c(Nc2ccc(F)cc2)c1)c1ccc(N2CCN(C(=O)C3CC3)CC2)nc1. The van der Waals surface area contributed by atoms with Crippen molar-refractivity contribution in [2.75, 3.05) is 41.7 Å². The van der Waals surface area contributed by atoms with E-state index in [0.29, 0.717) is 40.7 Å². The van der Waals surface area contributed by atoms with Gasteiger partial charge in [0.15, 0.2) is 0 Å². The van der Waals surface area contributed by atoms with E-state index in [0.717, 1.165) is 31.7 Å². The molecule has 35 heavy (non-hydrogen) atoms. The van der Waals surface area contributed by atoms with Crippen LogP contribution in [0, 0.1) is 11.7 Å². The second-order valence-corrected chi connectivity index (χ2v) is 9.18. The number of benzene rings is 2. The van der Waals surface area contributed by atoms with Gasteiger partial charge in [0.2, 0.25) is 5.91 Å². The Hall–Kier alpha value is -3.65. The van der Waals surface area contributed by atoms with E-state index in [2.05, 4.69) is 20.5 Å². The molecule has 2 aromatic carbocycles. The molecular weight excluding hydrogens is 469 g/mol. The summed E-state index contributed by atoms with van der Waals surface area (Å²) in [6, 6.07) is 14.6. The summed E-state index contributed by atoms with van der Waals surface area (Å²) >= 11 is 6.28. The lowest BCUT2D eigenvalue weighted by Crippen LogP contribution is -2.49. The van der Waals surface area contributed by atoms with Crippen molar-refractivity contribution in [2.24, 2.45) is 5.92 Å². The van der Waals surface area contributed by atoms with Gasteiger partial charge in [0.05, 0.1) is 16.3 Å². The Morgan fingerprint density at radius 2 is 1.66 bits per heavy atom. The van der Waals surface area contributed by atoms with Crippen LogP contribution in [0.3, 0.4) is 0 Å². The molecule has 2 fully saturated rings. The fraction of sp³-hybridized carbons (Fsp3) is 0.269. The summed E-state index contributed by atoms with van der Waals surface area (Å²) in [4.78, 5) is 33.6. The summed E-state index contributed by atoms with van der Waals surface area (Å²) in [5, 5.41) is 6.45. The normalized spacial score (nSPS) is 15.6. The fourth-order valence-electron chi connectivity index (χ4n) is 4.04. The van der Waals surface area contributed by atoms with Gasteiger partial charge in [-0.1, -0.05) is 11.6 Å². The van der Waals surface area contributed by atoms with E-state index in [1.54, 1.807) is 42.6 Å². The van der Waals surface area contributed by atoms with Crippen molar-refractivity contribution in [3.05, 3.63) is 77.2 Å². The maximum atomic E-state index is 13.2. The van der Waals surface area contributed by atoms with Crippen molar-refractivity contribution in [2.45, 2.75) is 12.8 Å². The number of piperazine rings is 1. The van der Waals surface area contributed by atoms with Gasteiger partial charge in [0, 0.05) is 49.7 Å². The minimum absolute atomic E-state index is 0.243. The molecule has 7 nitrogen and oxygen atoms in total. The number of nitrogens with one attached hydrogen (secondary N) is 2. The lowest BCUT2D eigenvalue weighted by molar-refractivity contribution is -0.132. The Labute approximate surface area is 207 Å². The predicted octanol–water partition coefficient (Wildman–Crippen LogP) is 4.93.